The van der Waals surface area contributed by atoms with Crippen molar-refractivity contribution in [3.63, 3.8) is 0 Å². The van der Waals surface area contributed by atoms with Crippen molar-refractivity contribution < 1.29 is 8.78 Å². The molecule has 0 aromatic carbocycles. The van der Waals surface area contributed by atoms with E-state index in [2.05, 4.69) is 0 Å². The molecule has 0 aliphatic heterocycles. The van der Waals surface area contributed by atoms with Gasteiger partial charge < -0.3 is 5.73 Å². The highest BCUT2D eigenvalue weighted by atomic mass is 35.5. The summed E-state index contributed by atoms with van der Waals surface area (Å²) in [5, 5.41) is 2.22. The fourth-order valence-electron chi connectivity index (χ4n) is 0.869. The summed E-state index contributed by atoms with van der Waals surface area (Å²) >= 11 is 7.01. The summed E-state index contributed by atoms with van der Waals surface area (Å²) in [5.41, 5.74) is 5.49. The molecule has 1 atom stereocenters. The molecule has 0 fully saturated rings. The average molecular weight is 248 g/mol. The van der Waals surface area contributed by atoms with Gasteiger partial charge in [0.25, 0.3) is 0 Å². The van der Waals surface area contributed by atoms with Crippen LogP contribution in [0.1, 0.15) is 17.3 Å². The first-order valence-corrected chi connectivity index (χ1v) is 4.63. The third-order valence-electron chi connectivity index (χ3n) is 1.41. The molecule has 13 heavy (non-hydrogen) atoms. The molecule has 1 aromatic heterocycles. The predicted octanol–water partition coefficient (Wildman–Crippen LogP) is 3.48. The lowest BCUT2D eigenvalue weighted by atomic mass is 10.2. The molecule has 0 amide bonds. The van der Waals surface area contributed by atoms with Crippen molar-refractivity contribution >= 4 is 35.3 Å². The van der Waals surface area contributed by atoms with Gasteiger partial charge >= 0.3 is 0 Å². The predicted molar refractivity (Wildman–Crippen MR) is 54.1 cm³/mol. The van der Waals surface area contributed by atoms with E-state index < -0.39 is 12.5 Å². The highest BCUT2D eigenvalue weighted by molar-refractivity contribution is 7.10. The minimum atomic E-state index is -2.38. The van der Waals surface area contributed by atoms with Crippen LogP contribution in [0.2, 0.25) is 5.02 Å². The number of hydrogen-bond donors (Lipinski definition) is 1. The van der Waals surface area contributed by atoms with Crippen LogP contribution in [0.4, 0.5) is 8.78 Å². The molecular weight excluding hydrogens is 239 g/mol. The quantitative estimate of drug-likeness (QED) is 0.870. The van der Waals surface area contributed by atoms with Crippen LogP contribution in [0.15, 0.2) is 11.4 Å². The number of halogens is 4. The average Bonchev–Trinajstić information content (AvgIpc) is 2.33. The second kappa shape index (κ2) is 5.75. The SMILES string of the molecule is Cl.N[C@H](CC(F)F)c1sccc1Cl. The molecule has 76 valence electrons. The summed E-state index contributed by atoms with van der Waals surface area (Å²) in [4.78, 5) is 0.636. The molecule has 0 saturated carbocycles. The summed E-state index contributed by atoms with van der Waals surface area (Å²) in [6.45, 7) is 0. The fourth-order valence-corrected chi connectivity index (χ4v) is 2.08. The van der Waals surface area contributed by atoms with Crippen LogP contribution in [-0.4, -0.2) is 6.43 Å². The molecule has 0 saturated heterocycles. The van der Waals surface area contributed by atoms with Crippen LogP contribution >= 0.6 is 35.3 Å². The van der Waals surface area contributed by atoms with E-state index >= 15 is 0 Å². The van der Waals surface area contributed by atoms with E-state index in [0.717, 1.165) is 0 Å². The zero-order valence-corrected chi connectivity index (χ0v) is 8.93. The van der Waals surface area contributed by atoms with E-state index in [-0.39, 0.29) is 18.8 Å². The standard InChI is InChI=1S/C7H8ClF2NS.ClH/c8-4-1-2-12-7(4)5(11)3-6(9)10;/h1-2,5-6H,3,11H2;1H/t5-;/m1./s1. The van der Waals surface area contributed by atoms with Gasteiger partial charge in [-0.2, -0.15) is 0 Å². The molecule has 6 heteroatoms. The van der Waals surface area contributed by atoms with Crippen molar-refractivity contribution in [2.75, 3.05) is 0 Å². The van der Waals surface area contributed by atoms with Crippen LogP contribution in [-0.2, 0) is 0 Å². The summed E-state index contributed by atoms with van der Waals surface area (Å²) in [6.07, 6.45) is -2.71. The molecule has 2 N–H and O–H groups in total. The molecule has 0 bridgehead atoms. The topological polar surface area (TPSA) is 26.0 Å². The minimum absolute atomic E-state index is 0. The molecule has 1 rings (SSSR count). The first-order valence-electron chi connectivity index (χ1n) is 3.38. The van der Waals surface area contributed by atoms with Gasteiger partial charge in [-0.1, -0.05) is 11.6 Å². The molecule has 1 nitrogen and oxygen atoms in total. The van der Waals surface area contributed by atoms with Gasteiger partial charge in [0.15, 0.2) is 0 Å². The van der Waals surface area contributed by atoms with Crippen LogP contribution in [0.5, 0.6) is 0 Å². The van der Waals surface area contributed by atoms with E-state index in [1.54, 1.807) is 11.4 Å². The van der Waals surface area contributed by atoms with Crippen LogP contribution in [0, 0.1) is 0 Å². The second-order valence-corrected chi connectivity index (χ2v) is 3.72. The van der Waals surface area contributed by atoms with Crippen molar-refractivity contribution in [3.05, 3.63) is 21.3 Å². The highest BCUT2D eigenvalue weighted by Gasteiger charge is 2.16. The Morgan fingerprint density at radius 3 is 2.54 bits per heavy atom. The maximum absolute atomic E-state index is 11.9. The summed E-state index contributed by atoms with van der Waals surface area (Å²) in [5.74, 6) is 0. The molecular formula is C7H9Cl2F2NS. The Morgan fingerprint density at radius 1 is 1.54 bits per heavy atom. The van der Waals surface area contributed by atoms with Crippen molar-refractivity contribution in [1.82, 2.24) is 0 Å². The summed E-state index contributed by atoms with van der Waals surface area (Å²) in [6, 6.07) is 1.02. The molecule has 0 aliphatic carbocycles. The first kappa shape index (κ1) is 13.1. The van der Waals surface area contributed by atoms with Crippen molar-refractivity contribution in [2.45, 2.75) is 18.9 Å². The van der Waals surface area contributed by atoms with E-state index in [1.807, 2.05) is 0 Å². The largest absolute Gasteiger partial charge is 0.323 e. The van der Waals surface area contributed by atoms with Gasteiger partial charge in [-0.25, -0.2) is 8.78 Å². The van der Waals surface area contributed by atoms with Crippen LogP contribution in [0.3, 0.4) is 0 Å². The van der Waals surface area contributed by atoms with Gasteiger partial charge in [0, 0.05) is 17.3 Å². The maximum Gasteiger partial charge on any atom is 0.240 e. The van der Waals surface area contributed by atoms with Crippen LogP contribution in [0.25, 0.3) is 0 Å². The van der Waals surface area contributed by atoms with E-state index in [9.17, 15) is 8.78 Å². The van der Waals surface area contributed by atoms with Gasteiger partial charge in [0.05, 0.1) is 5.02 Å². The van der Waals surface area contributed by atoms with Crippen LogP contribution < -0.4 is 5.73 Å². The smallest absolute Gasteiger partial charge is 0.240 e. The molecule has 0 unspecified atom stereocenters. The fraction of sp³-hybridized carbons (Fsp3) is 0.429. The summed E-state index contributed by atoms with van der Waals surface area (Å²) < 4.78 is 23.8. The monoisotopic (exact) mass is 247 g/mol. The van der Waals surface area contributed by atoms with Gasteiger partial charge in [-0.05, 0) is 11.4 Å². The number of rotatable bonds is 3. The molecule has 0 radical (unpaired) electrons. The molecule has 1 aromatic rings. The van der Waals surface area contributed by atoms with Crippen molar-refractivity contribution in [2.24, 2.45) is 5.73 Å². The first-order chi connectivity index (χ1) is 5.61. The van der Waals surface area contributed by atoms with Crippen molar-refractivity contribution in [1.29, 1.82) is 0 Å². The summed E-state index contributed by atoms with van der Waals surface area (Å²) in [7, 11) is 0. The third kappa shape index (κ3) is 3.77. The Bertz CT molecular complexity index is 254. The Hall–Kier alpha value is 0.1000. The Labute approximate surface area is 90.3 Å². The van der Waals surface area contributed by atoms with E-state index in [4.69, 9.17) is 17.3 Å². The second-order valence-electron chi connectivity index (χ2n) is 2.37. The van der Waals surface area contributed by atoms with E-state index in [1.165, 1.54) is 11.3 Å². The molecule has 0 aliphatic rings. The number of thiophene rings is 1. The normalized spacial score (nSPS) is 12.7. The number of hydrogen-bond acceptors (Lipinski definition) is 2. The number of alkyl halides is 2. The Kier molecular flexibility index (Phi) is 5.80. The number of nitrogens with two attached hydrogens (primary N) is 1. The molecule has 0 spiro atoms. The maximum atomic E-state index is 11.9. The Balaban J connectivity index is 0.00000144. The Morgan fingerprint density at radius 2 is 2.15 bits per heavy atom. The van der Waals surface area contributed by atoms with Gasteiger partial charge in [-0.15, -0.1) is 23.7 Å². The highest BCUT2D eigenvalue weighted by Crippen LogP contribution is 2.30. The van der Waals surface area contributed by atoms with Crippen molar-refractivity contribution in [3.8, 4) is 0 Å². The lowest BCUT2D eigenvalue weighted by Gasteiger charge is -2.08. The zero-order chi connectivity index (χ0) is 9.14. The van der Waals surface area contributed by atoms with E-state index in [0.29, 0.717) is 9.90 Å². The lowest BCUT2D eigenvalue weighted by Crippen LogP contribution is -2.12. The third-order valence-corrected chi connectivity index (χ3v) is 2.90. The molecule has 1 heterocycles. The lowest BCUT2D eigenvalue weighted by molar-refractivity contribution is 0.129. The van der Waals surface area contributed by atoms with Gasteiger partial charge in [-0.3, -0.25) is 0 Å². The zero-order valence-electron chi connectivity index (χ0n) is 6.54. The van der Waals surface area contributed by atoms with Gasteiger partial charge in [0.2, 0.25) is 6.43 Å². The van der Waals surface area contributed by atoms with Gasteiger partial charge in [0.1, 0.15) is 0 Å². The minimum Gasteiger partial charge on any atom is -0.323 e.